The standard InChI is InChI=1S/C18H15N2.C8H10O.Pt/c1-13-6-8-17(19-11-13)15-4-3-5-16(10-15)18-9-7-14(2)12-20-18;1-6-4-3-5-7(2)8(6)9;/h3-9,11-12H,1-2H3;3-5,9H,1-2H3;/q-1;;. The maximum Gasteiger partial charge on any atom is 0.121 e. The van der Waals surface area contributed by atoms with Gasteiger partial charge in [0, 0.05) is 44.8 Å². The predicted octanol–water partition coefficient (Wildman–Crippen LogP) is 6.23. The van der Waals surface area contributed by atoms with E-state index in [0.29, 0.717) is 5.75 Å². The summed E-state index contributed by atoms with van der Waals surface area (Å²) in [6.07, 6.45) is 3.75. The molecule has 156 valence electrons. The van der Waals surface area contributed by atoms with Crippen molar-refractivity contribution in [2.45, 2.75) is 27.7 Å². The molecule has 2 heterocycles. The molecule has 4 aromatic rings. The first-order chi connectivity index (χ1) is 13.9. The Morgan fingerprint density at radius 3 is 1.43 bits per heavy atom. The van der Waals surface area contributed by atoms with Crippen LogP contribution in [0.25, 0.3) is 22.5 Å². The molecule has 0 radical (unpaired) electrons. The van der Waals surface area contributed by atoms with Gasteiger partial charge in [-0.25, -0.2) is 0 Å². The van der Waals surface area contributed by atoms with E-state index in [1.54, 1.807) is 0 Å². The van der Waals surface area contributed by atoms with Gasteiger partial charge in [0.25, 0.3) is 0 Å². The third-order valence-corrected chi connectivity index (χ3v) is 4.61. The molecule has 1 N–H and O–H groups in total. The first kappa shape index (κ1) is 23.5. The minimum Gasteiger partial charge on any atom is -0.507 e. The number of aryl methyl sites for hydroxylation is 4. The summed E-state index contributed by atoms with van der Waals surface area (Å²) in [5.74, 6) is 0.414. The molecule has 0 fully saturated rings. The molecule has 0 aliphatic carbocycles. The number of benzene rings is 2. The first-order valence-electron chi connectivity index (χ1n) is 9.57. The third-order valence-electron chi connectivity index (χ3n) is 4.61. The van der Waals surface area contributed by atoms with Crippen LogP contribution in [0.4, 0.5) is 0 Å². The molecular formula is C26H25N2OPt-. The molecule has 30 heavy (non-hydrogen) atoms. The number of aromatic nitrogens is 2. The second-order valence-electron chi connectivity index (χ2n) is 7.16. The van der Waals surface area contributed by atoms with Crippen LogP contribution in [0.5, 0.6) is 5.75 Å². The van der Waals surface area contributed by atoms with E-state index in [1.807, 2.05) is 88.6 Å². The van der Waals surface area contributed by atoms with Gasteiger partial charge in [-0.1, -0.05) is 53.6 Å². The molecule has 0 spiro atoms. The van der Waals surface area contributed by atoms with Crippen molar-refractivity contribution in [2.24, 2.45) is 0 Å². The Morgan fingerprint density at radius 2 is 1.07 bits per heavy atom. The Kier molecular flexibility index (Phi) is 8.50. The minimum absolute atomic E-state index is 0. The second-order valence-corrected chi connectivity index (χ2v) is 7.16. The summed E-state index contributed by atoms with van der Waals surface area (Å²) >= 11 is 0. The van der Waals surface area contributed by atoms with Crippen LogP contribution in [0, 0.1) is 33.8 Å². The van der Waals surface area contributed by atoms with Crippen LogP contribution in [-0.2, 0) is 21.1 Å². The largest absolute Gasteiger partial charge is 0.507 e. The van der Waals surface area contributed by atoms with Gasteiger partial charge in [0.1, 0.15) is 5.75 Å². The Bertz CT molecular complexity index is 1010. The van der Waals surface area contributed by atoms with Crippen molar-refractivity contribution in [2.75, 3.05) is 0 Å². The van der Waals surface area contributed by atoms with Gasteiger partial charge in [0.2, 0.25) is 0 Å². The number of hydrogen-bond donors (Lipinski definition) is 1. The number of para-hydroxylation sites is 1. The topological polar surface area (TPSA) is 46.0 Å². The SMILES string of the molecule is Cc1ccc(-c2[c-]c(-c3ccc(C)cn3)ccc2)nc1.Cc1cccc(C)c1O.[Pt]. The molecule has 0 aliphatic heterocycles. The van der Waals surface area contributed by atoms with Crippen molar-refractivity contribution >= 4 is 0 Å². The monoisotopic (exact) mass is 576 g/mol. The van der Waals surface area contributed by atoms with Crippen LogP contribution in [0.2, 0.25) is 0 Å². The second kappa shape index (κ2) is 10.8. The number of aromatic hydroxyl groups is 1. The molecule has 4 heteroatoms. The number of phenolic OH excluding ortho intramolecular Hbond substituents is 1. The molecule has 0 atom stereocenters. The van der Waals surface area contributed by atoms with E-state index in [4.69, 9.17) is 0 Å². The van der Waals surface area contributed by atoms with E-state index in [0.717, 1.165) is 44.8 Å². The number of nitrogens with zero attached hydrogens (tertiary/aromatic N) is 2. The molecule has 0 saturated carbocycles. The number of phenols is 1. The van der Waals surface area contributed by atoms with Crippen LogP contribution in [0.3, 0.4) is 0 Å². The minimum atomic E-state index is 0. The molecule has 0 unspecified atom stereocenters. The average molecular weight is 577 g/mol. The summed E-state index contributed by atoms with van der Waals surface area (Å²) in [6.45, 7) is 7.85. The van der Waals surface area contributed by atoms with Crippen LogP contribution < -0.4 is 0 Å². The van der Waals surface area contributed by atoms with Crippen LogP contribution in [0.15, 0.2) is 73.1 Å². The fourth-order valence-electron chi connectivity index (χ4n) is 2.83. The van der Waals surface area contributed by atoms with Crippen molar-refractivity contribution in [1.29, 1.82) is 0 Å². The van der Waals surface area contributed by atoms with Gasteiger partial charge in [-0.3, -0.25) is 9.97 Å². The van der Waals surface area contributed by atoms with E-state index in [1.165, 1.54) is 0 Å². The van der Waals surface area contributed by atoms with Gasteiger partial charge in [0.05, 0.1) is 0 Å². The Labute approximate surface area is 193 Å². The Morgan fingerprint density at radius 1 is 0.633 bits per heavy atom. The Hall–Kier alpha value is -2.77. The van der Waals surface area contributed by atoms with Crippen molar-refractivity contribution in [3.63, 3.8) is 0 Å². The normalized spacial score (nSPS) is 9.87. The van der Waals surface area contributed by atoms with Gasteiger partial charge in [-0.2, -0.15) is 0 Å². The van der Waals surface area contributed by atoms with Crippen molar-refractivity contribution in [3.05, 3.63) is 101 Å². The number of rotatable bonds is 2. The molecule has 0 aliphatic rings. The molecule has 0 saturated heterocycles. The van der Waals surface area contributed by atoms with Gasteiger partial charge in [0.15, 0.2) is 0 Å². The zero-order chi connectivity index (χ0) is 20.8. The smallest absolute Gasteiger partial charge is 0.121 e. The van der Waals surface area contributed by atoms with Crippen LogP contribution >= 0.6 is 0 Å². The van der Waals surface area contributed by atoms with Gasteiger partial charge in [-0.15, -0.1) is 24.3 Å². The zero-order valence-corrected chi connectivity index (χ0v) is 19.9. The molecule has 4 rings (SSSR count). The fourth-order valence-corrected chi connectivity index (χ4v) is 2.83. The summed E-state index contributed by atoms with van der Waals surface area (Å²) in [5, 5.41) is 9.21. The quantitative estimate of drug-likeness (QED) is 0.288. The zero-order valence-electron chi connectivity index (χ0n) is 17.6. The number of hydrogen-bond acceptors (Lipinski definition) is 3. The van der Waals surface area contributed by atoms with E-state index in [-0.39, 0.29) is 21.1 Å². The maximum atomic E-state index is 9.21. The summed E-state index contributed by atoms with van der Waals surface area (Å²) < 4.78 is 0. The average Bonchev–Trinajstić information content (AvgIpc) is 2.74. The van der Waals surface area contributed by atoms with Crippen molar-refractivity contribution in [3.8, 4) is 28.3 Å². The van der Waals surface area contributed by atoms with Gasteiger partial charge < -0.3 is 5.11 Å². The van der Waals surface area contributed by atoms with Gasteiger partial charge >= 0.3 is 0 Å². The molecule has 0 bridgehead atoms. The van der Waals surface area contributed by atoms with E-state index in [9.17, 15) is 5.11 Å². The Balaban J connectivity index is 0.000000272. The van der Waals surface area contributed by atoms with Gasteiger partial charge in [-0.05, 0) is 49.9 Å². The summed E-state index contributed by atoms with van der Waals surface area (Å²) in [7, 11) is 0. The summed E-state index contributed by atoms with van der Waals surface area (Å²) in [6, 6.07) is 23.3. The van der Waals surface area contributed by atoms with E-state index < -0.39 is 0 Å². The van der Waals surface area contributed by atoms with E-state index >= 15 is 0 Å². The fraction of sp³-hybridized carbons (Fsp3) is 0.154. The molecule has 3 nitrogen and oxygen atoms in total. The predicted molar refractivity (Wildman–Crippen MR) is 119 cm³/mol. The van der Waals surface area contributed by atoms with Crippen LogP contribution in [-0.4, -0.2) is 15.1 Å². The maximum absolute atomic E-state index is 9.21. The van der Waals surface area contributed by atoms with Crippen molar-refractivity contribution < 1.29 is 26.2 Å². The molecule has 2 aromatic heterocycles. The molecular weight excluding hydrogens is 551 g/mol. The number of pyridine rings is 2. The van der Waals surface area contributed by atoms with Crippen LogP contribution in [0.1, 0.15) is 22.3 Å². The molecule has 0 amide bonds. The third kappa shape index (κ3) is 6.11. The van der Waals surface area contributed by atoms with Crippen molar-refractivity contribution in [1.82, 2.24) is 9.97 Å². The van der Waals surface area contributed by atoms with E-state index in [2.05, 4.69) is 28.2 Å². The first-order valence-corrected chi connectivity index (χ1v) is 9.57. The summed E-state index contributed by atoms with van der Waals surface area (Å²) in [5.41, 5.74) is 8.05. The molecule has 2 aromatic carbocycles. The summed E-state index contributed by atoms with van der Waals surface area (Å²) in [4.78, 5) is 8.89.